The molecule has 27 heavy (non-hydrogen) atoms. The zero-order chi connectivity index (χ0) is 19.9. The van der Waals surface area contributed by atoms with Crippen LogP contribution in [0.5, 0.6) is 0 Å². The van der Waals surface area contributed by atoms with Crippen LogP contribution in [-0.2, 0) is 24.3 Å². The first kappa shape index (κ1) is 20.6. The minimum atomic E-state index is -3.64. The number of hydrogen-bond donors (Lipinski definition) is 3. The molecule has 1 heterocycles. The Balaban J connectivity index is 1.91. The molecule has 3 amide bonds. The average molecular weight is 400 g/mol. The van der Waals surface area contributed by atoms with E-state index in [9.17, 15) is 22.8 Å². The Morgan fingerprint density at radius 3 is 2.33 bits per heavy atom. The molecule has 1 aromatic carbocycles. The predicted octanol–water partition coefficient (Wildman–Crippen LogP) is -1.18. The van der Waals surface area contributed by atoms with Crippen molar-refractivity contribution in [2.24, 2.45) is 0 Å². The van der Waals surface area contributed by atoms with Crippen molar-refractivity contribution in [1.29, 1.82) is 0 Å². The topological polar surface area (TPSA) is 143 Å². The second-order valence-electron chi connectivity index (χ2n) is 5.39. The molecule has 12 heteroatoms. The molecule has 0 unspecified atom stereocenters. The van der Waals surface area contributed by atoms with Gasteiger partial charge < -0.3 is 14.8 Å². The van der Waals surface area contributed by atoms with Crippen LogP contribution in [0, 0.1) is 0 Å². The minimum absolute atomic E-state index is 0.0703. The molecule has 0 bridgehead atoms. The van der Waals surface area contributed by atoms with E-state index < -0.39 is 34.5 Å². The molecular formula is C15H20N4O7S. The second kappa shape index (κ2) is 9.30. The summed E-state index contributed by atoms with van der Waals surface area (Å²) in [6.07, 6.45) is -0.855. The first-order valence-corrected chi connectivity index (χ1v) is 9.37. The van der Waals surface area contributed by atoms with Gasteiger partial charge in [-0.1, -0.05) is 0 Å². The van der Waals surface area contributed by atoms with E-state index in [1.54, 1.807) is 0 Å². The summed E-state index contributed by atoms with van der Waals surface area (Å²) in [6, 6.07) is 5.37. The Hall–Kier alpha value is -2.70. The van der Waals surface area contributed by atoms with Crippen molar-refractivity contribution in [3.05, 3.63) is 29.8 Å². The summed E-state index contributed by atoms with van der Waals surface area (Å²) >= 11 is 0. The second-order valence-corrected chi connectivity index (χ2v) is 7.33. The van der Waals surface area contributed by atoms with E-state index in [0.717, 1.165) is 7.11 Å². The van der Waals surface area contributed by atoms with Crippen LogP contribution in [0.1, 0.15) is 10.4 Å². The van der Waals surface area contributed by atoms with Crippen LogP contribution in [0.2, 0.25) is 0 Å². The van der Waals surface area contributed by atoms with Crippen LogP contribution in [0.25, 0.3) is 0 Å². The van der Waals surface area contributed by atoms with E-state index in [1.165, 1.54) is 28.6 Å². The zero-order valence-corrected chi connectivity index (χ0v) is 15.4. The third kappa shape index (κ3) is 5.64. The van der Waals surface area contributed by atoms with Crippen LogP contribution >= 0.6 is 0 Å². The van der Waals surface area contributed by atoms with Gasteiger partial charge in [-0.15, -0.1) is 0 Å². The normalized spacial score (nSPS) is 14.9. The van der Waals surface area contributed by atoms with Gasteiger partial charge in [0.25, 0.3) is 11.8 Å². The van der Waals surface area contributed by atoms with Gasteiger partial charge in [-0.2, -0.15) is 4.31 Å². The Bertz CT molecular complexity index is 789. The highest BCUT2D eigenvalue weighted by Crippen LogP contribution is 2.17. The number of methoxy groups -OCH3 is 1. The molecule has 148 valence electrons. The molecule has 0 spiro atoms. The van der Waals surface area contributed by atoms with Gasteiger partial charge in [-0.05, 0) is 24.3 Å². The average Bonchev–Trinajstić information content (AvgIpc) is 2.70. The van der Waals surface area contributed by atoms with Crippen molar-refractivity contribution >= 4 is 27.9 Å². The van der Waals surface area contributed by atoms with Crippen molar-refractivity contribution in [3.63, 3.8) is 0 Å². The molecule has 0 aromatic heterocycles. The van der Waals surface area contributed by atoms with Crippen LogP contribution in [-0.4, -0.2) is 70.6 Å². The van der Waals surface area contributed by atoms with E-state index in [1.807, 2.05) is 10.9 Å². The van der Waals surface area contributed by atoms with Crippen LogP contribution in [0.3, 0.4) is 0 Å². The van der Waals surface area contributed by atoms with Gasteiger partial charge in [0.2, 0.25) is 10.0 Å². The lowest BCUT2D eigenvalue weighted by Crippen LogP contribution is -2.46. The number of carbonyl (C=O) groups excluding carboxylic acids is 3. The molecule has 2 rings (SSSR count). The summed E-state index contributed by atoms with van der Waals surface area (Å²) in [5, 5.41) is 2.34. The number of hydrogen-bond acceptors (Lipinski definition) is 7. The van der Waals surface area contributed by atoms with Gasteiger partial charge in [0.15, 0.2) is 0 Å². The van der Waals surface area contributed by atoms with Crippen LogP contribution < -0.4 is 16.2 Å². The smallest absolute Gasteiger partial charge is 0.425 e. The maximum Gasteiger partial charge on any atom is 0.425 e. The molecule has 0 saturated carbocycles. The monoisotopic (exact) mass is 400 g/mol. The fraction of sp³-hybridized carbons (Fsp3) is 0.400. The molecule has 0 aliphatic carbocycles. The molecule has 1 aliphatic heterocycles. The fourth-order valence-electron chi connectivity index (χ4n) is 2.19. The molecular weight excluding hydrogens is 380 g/mol. The Labute approximate surface area is 156 Å². The predicted molar refractivity (Wildman–Crippen MR) is 92.0 cm³/mol. The van der Waals surface area contributed by atoms with E-state index in [0.29, 0.717) is 13.2 Å². The van der Waals surface area contributed by atoms with Gasteiger partial charge >= 0.3 is 6.09 Å². The van der Waals surface area contributed by atoms with E-state index in [4.69, 9.17) is 4.74 Å². The minimum Gasteiger partial charge on any atom is -0.452 e. The van der Waals surface area contributed by atoms with Gasteiger partial charge in [0, 0.05) is 18.7 Å². The summed E-state index contributed by atoms with van der Waals surface area (Å²) in [4.78, 5) is 34.4. The standard InChI is InChI=1S/C15H20N4O7S/c1-25-15(22)18-17-13(20)10-16-14(21)11-2-4-12(5-3-11)27(23,24)19-6-8-26-9-7-19/h2-5H,6-10H2,1H3,(H,16,21)(H,17,20)(H,18,22). The number of ether oxygens (including phenoxy) is 2. The summed E-state index contributed by atoms with van der Waals surface area (Å²) in [7, 11) is -2.51. The highest BCUT2D eigenvalue weighted by molar-refractivity contribution is 7.89. The molecule has 3 N–H and O–H groups in total. The highest BCUT2D eigenvalue weighted by atomic mass is 32.2. The third-order valence-corrected chi connectivity index (χ3v) is 5.54. The van der Waals surface area contributed by atoms with Crippen molar-refractivity contribution in [2.45, 2.75) is 4.90 Å². The third-order valence-electron chi connectivity index (χ3n) is 3.62. The zero-order valence-electron chi connectivity index (χ0n) is 14.6. The van der Waals surface area contributed by atoms with Gasteiger partial charge in [-0.3, -0.25) is 15.0 Å². The van der Waals surface area contributed by atoms with Crippen LogP contribution in [0.4, 0.5) is 4.79 Å². The van der Waals surface area contributed by atoms with E-state index in [-0.39, 0.29) is 23.5 Å². The maximum atomic E-state index is 12.5. The lowest BCUT2D eigenvalue weighted by molar-refractivity contribution is -0.120. The summed E-state index contributed by atoms with van der Waals surface area (Å²) in [5.74, 6) is -1.24. The molecule has 1 saturated heterocycles. The number of carbonyl (C=O) groups is 3. The van der Waals surface area contributed by atoms with E-state index in [2.05, 4.69) is 10.1 Å². The molecule has 0 radical (unpaired) electrons. The van der Waals surface area contributed by atoms with Gasteiger partial charge in [-0.25, -0.2) is 18.6 Å². The summed E-state index contributed by atoms with van der Waals surface area (Å²) < 4.78 is 35.7. The SMILES string of the molecule is COC(=O)NNC(=O)CNC(=O)c1ccc(S(=O)(=O)N2CCOCC2)cc1. The lowest BCUT2D eigenvalue weighted by Gasteiger charge is -2.26. The molecule has 0 atom stereocenters. The number of nitrogens with zero attached hydrogens (tertiary/aromatic N) is 1. The Kier molecular flexibility index (Phi) is 7.10. The number of morpholine rings is 1. The number of benzene rings is 1. The number of nitrogens with one attached hydrogen (secondary N) is 3. The van der Waals surface area contributed by atoms with Crippen molar-refractivity contribution in [1.82, 2.24) is 20.5 Å². The van der Waals surface area contributed by atoms with Crippen LogP contribution in [0.15, 0.2) is 29.2 Å². The van der Waals surface area contributed by atoms with Crippen molar-refractivity contribution < 1.29 is 32.3 Å². The quantitative estimate of drug-likeness (QED) is 0.528. The van der Waals surface area contributed by atoms with E-state index >= 15 is 0 Å². The van der Waals surface area contributed by atoms with Crippen molar-refractivity contribution in [2.75, 3.05) is 40.0 Å². The number of hydrazine groups is 1. The lowest BCUT2D eigenvalue weighted by atomic mass is 10.2. The first-order chi connectivity index (χ1) is 12.8. The Morgan fingerprint density at radius 1 is 1.11 bits per heavy atom. The molecule has 11 nitrogen and oxygen atoms in total. The summed E-state index contributed by atoms with van der Waals surface area (Å²) in [5.41, 5.74) is 4.18. The molecule has 1 fully saturated rings. The fourth-order valence-corrected chi connectivity index (χ4v) is 3.60. The van der Waals surface area contributed by atoms with Crippen molar-refractivity contribution in [3.8, 4) is 0 Å². The number of rotatable bonds is 5. The summed E-state index contributed by atoms with van der Waals surface area (Å²) in [6.45, 7) is 0.842. The largest absolute Gasteiger partial charge is 0.452 e. The number of sulfonamides is 1. The number of amides is 3. The molecule has 1 aliphatic rings. The first-order valence-electron chi connectivity index (χ1n) is 7.93. The molecule has 1 aromatic rings. The van der Waals surface area contributed by atoms with Gasteiger partial charge in [0.1, 0.15) is 0 Å². The van der Waals surface area contributed by atoms with Gasteiger partial charge in [0.05, 0.1) is 31.8 Å². The maximum absolute atomic E-state index is 12.5. The highest BCUT2D eigenvalue weighted by Gasteiger charge is 2.26. The Morgan fingerprint density at radius 2 is 1.74 bits per heavy atom.